The van der Waals surface area contributed by atoms with Gasteiger partial charge in [0.1, 0.15) is 13.2 Å². The van der Waals surface area contributed by atoms with Gasteiger partial charge in [0.15, 0.2) is 0 Å². The Balaban J connectivity index is 2.51. The van der Waals surface area contributed by atoms with Crippen LogP contribution in [0.1, 0.15) is 15.9 Å². The highest BCUT2D eigenvalue weighted by Gasteiger charge is 2.09. The molecule has 0 unspecified atom stereocenters. The molecule has 0 aliphatic carbocycles. The summed E-state index contributed by atoms with van der Waals surface area (Å²) in [4.78, 5) is 12.9. The third-order valence-corrected chi connectivity index (χ3v) is 2.20. The number of esters is 1. The minimum Gasteiger partial charge on any atom is -0.456 e. The van der Waals surface area contributed by atoms with E-state index in [9.17, 15) is 4.79 Å². The van der Waals surface area contributed by atoms with E-state index in [4.69, 9.17) is 4.74 Å². The van der Waals surface area contributed by atoms with Crippen molar-refractivity contribution in [1.29, 1.82) is 0 Å². The average Bonchev–Trinajstić information content (AvgIpc) is 2.17. The number of likely N-dealkylation sites (N-methyl/N-ethyl adjacent to an activating group) is 1. The van der Waals surface area contributed by atoms with Crippen molar-refractivity contribution in [1.82, 2.24) is 0 Å². The zero-order chi connectivity index (χ0) is 11.3. The molecule has 82 valence electrons. The lowest BCUT2D eigenvalue weighted by atomic mass is 10.1. The summed E-state index contributed by atoms with van der Waals surface area (Å²) in [6.45, 7) is 3.21. The van der Waals surface area contributed by atoms with E-state index in [1.807, 2.05) is 39.2 Å². The molecule has 0 aliphatic heterocycles. The van der Waals surface area contributed by atoms with Gasteiger partial charge >= 0.3 is 5.97 Å². The minimum absolute atomic E-state index is 0.227. The summed E-state index contributed by atoms with van der Waals surface area (Å²) in [7, 11) is 4.06. The van der Waals surface area contributed by atoms with Gasteiger partial charge in [0.25, 0.3) is 0 Å². The standard InChI is InChI=1S/C12H17NO2/c1-10-6-4-5-7-11(10)12(14)15-9-8-13(2)3/h4-7H,8-9H2,1-3H3/p+1. The normalized spacial score (nSPS) is 10.4. The number of benzene rings is 1. The number of hydrogen-bond donors (Lipinski definition) is 1. The summed E-state index contributed by atoms with van der Waals surface area (Å²) in [5, 5.41) is 0. The second kappa shape index (κ2) is 5.51. The predicted molar refractivity (Wildman–Crippen MR) is 59.1 cm³/mol. The summed E-state index contributed by atoms with van der Waals surface area (Å²) in [5.74, 6) is -0.227. The van der Waals surface area contributed by atoms with Gasteiger partial charge in [-0.05, 0) is 18.6 Å². The van der Waals surface area contributed by atoms with Gasteiger partial charge in [-0.15, -0.1) is 0 Å². The number of carbonyl (C=O) groups is 1. The summed E-state index contributed by atoms with van der Waals surface area (Å²) in [6, 6.07) is 7.46. The number of hydrogen-bond acceptors (Lipinski definition) is 2. The van der Waals surface area contributed by atoms with Crippen LogP contribution < -0.4 is 4.90 Å². The smallest absolute Gasteiger partial charge is 0.338 e. The van der Waals surface area contributed by atoms with Crippen molar-refractivity contribution in [3.05, 3.63) is 35.4 Å². The fourth-order valence-corrected chi connectivity index (χ4v) is 1.23. The van der Waals surface area contributed by atoms with Crippen LogP contribution in [0.25, 0.3) is 0 Å². The summed E-state index contributed by atoms with van der Waals surface area (Å²) < 4.78 is 5.16. The Hall–Kier alpha value is -1.35. The monoisotopic (exact) mass is 208 g/mol. The molecule has 3 heteroatoms. The molecule has 0 aromatic heterocycles. The van der Waals surface area contributed by atoms with Crippen molar-refractivity contribution in [2.24, 2.45) is 0 Å². The molecule has 1 aromatic carbocycles. The number of quaternary nitrogens is 1. The van der Waals surface area contributed by atoms with Crippen LogP contribution in [0.2, 0.25) is 0 Å². The SMILES string of the molecule is Cc1ccccc1C(=O)OCC[NH+](C)C. The van der Waals surface area contributed by atoms with Crippen molar-refractivity contribution in [2.45, 2.75) is 6.92 Å². The highest BCUT2D eigenvalue weighted by atomic mass is 16.5. The third-order valence-electron chi connectivity index (χ3n) is 2.20. The molecule has 0 radical (unpaired) electrons. The maximum absolute atomic E-state index is 11.6. The van der Waals surface area contributed by atoms with Crippen LogP contribution >= 0.6 is 0 Å². The molecule has 0 amide bonds. The quantitative estimate of drug-likeness (QED) is 0.721. The maximum Gasteiger partial charge on any atom is 0.338 e. The van der Waals surface area contributed by atoms with Crippen molar-refractivity contribution < 1.29 is 14.4 Å². The molecule has 15 heavy (non-hydrogen) atoms. The molecule has 0 bridgehead atoms. The first-order valence-electron chi connectivity index (χ1n) is 5.13. The molecular formula is C12H18NO2+. The highest BCUT2D eigenvalue weighted by molar-refractivity contribution is 5.90. The number of rotatable bonds is 4. The minimum atomic E-state index is -0.227. The molecule has 0 saturated heterocycles. The molecule has 1 N–H and O–H groups in total. The average molecular weight is 208 g/mol. The molecule has 1 aromatic rings. The Morgan fingerprint density at radius 2 is 2.00 bits per heavy atom. The van der Waals surface area contributed by atoms with Gasteiger partial charge in [-0.2, -0.15) is 0 Å². The van der Waals surface area contributed by atoms with Gasteiger partial charge in [0, 0.05) is 0 Å². The zero-order valence-electron chi connectivity index (χ0n) is 9.54. The van der Waals surface area contributed by atoms with Gasteiger partial charge < -0.3 is 9.64 Å². The Labute approximate surface area is 90.7 Å². The fourth-order valence-electron chi connectivity index (χ4n) is 1.23. The first kappa shape index (κ1) is 11.7. The van der Waals surface area contributed by atoms with Crippen molar-refractivity contribution in [3.8, 4) is 0 Å². The molecule has 1 rings (SSSR count). The summed E-state index contributed by atoms with van der Waals surface area (Å²) in [5.41, 5.74) is 1.62. The summed E-state index contributed by atoms with van der Waals surface area (Å²) in [6.07, 6.45) is 0. The van der Waals surface area contributed by atoms with Crippen LogP contribution in [-0.4, -0.2) is 33.2 Å². The molecule has 0 fully saturated rings. The van der Waals surface area contributed by atoms with E-state index in [0.717, 1.165) is 12.1 Å². The first-order valence-corrected chi connectivity index (χ1v) is 5.13. The second-order valence-corrected chi connectivity index (χ2v) is 3.91. The molecular weight excluding hydrogens is 190 g/mol. The van der Waals surface area contributed by atoms with E-state index in [1.165, 1.54) is 4.90 Å². The number of ether oxygens (including phenoxy) is 1. The molecule has 0 heterocycles. The Kier molecular flexibility index (Phi) is 4.31. The largest absolute Gasteiger partial charge is 0.456 e. The lowest BCUT2D eigenvalue weighted by Gasteiger charge is -2.09. The fraction of sp³-hybridized carbons (Fsp3) is 0.417. The Morgan fingerprint density at radius 1 is 1.33 bits per heavy atom. The van der Waals surface area contributed by atoms with E-state index >= 15 is 0 Å². The predicted octanol–water partition coefficient (Wildman–Crippen LogP) is 0.296. The summed E-state index contributed by atoms with van der Waals surface area (Å²) >= 11 is 0. The maximum atomic E-state index is 11.6. The zero-order valence-corrected chi connectivity index (χ0v) is 9.54. The van der Waals surface area contributed by atoms with Crippen molar-refractivity contribution in [2.75, 3.05) is 27.2 Å². The molecule has 0 aliphatic rings. The van der Waals surface area contributed by atoms with E-state index in [1.54, 1.807) is 6.07 Å². The number of nitrogens with one attached hydrogen (secondary N) is 1. The molecule has 0 spiro atoms. The van der Waals surface area contributed by atoms with Crippen LogP contribution in [-0.2, 0) is 4.74 Å². The van der Waals surface area contributed by atoms with E-state index < -0.39 is 0 Å². The Bertz CT molecular complexity index is 334. The van der Waals surface area contributed by atoms with E-state index in [2.05, 4.69) is 0 Å². The van der Waals surface area contributed by atoms with Crippen LogP contribution in [0.15, 0.2) is 24.3 Å². The first-order chi connectivity index (χ1) is 7.11. The molecule has 0 atom stereocenters. The topological polar surface area (TPSA) is 30.7 Å². The Morgan fingerprint density at radius 3 is 2.60 bits per heavy atom. The van der Waals surface area contributed by atoms with Gasteiger partial charge in [-0.25, -0.2) is 4.79 Å². The van der Waals surface area contributed by atoms with Crippen molar-refractivity contribution >= 4 is 5.97 Å². The van der Waals surface area contributed by atoms with Crippen LogP contribution in [0, 0.1) is 6.92 Å². The molecule has 3 nitrogen and oxygen atoms in total. The van der Waals surface area contributed by atoms with Crippen molar-refractivity contribution in [3.63, 3.8) is 0 Å². The second-order valence-electron chi connectivity index (χ2n) is 3.91. The lowest BCUT2D eigenvalue weighted by Crippen LogP contribution is -3.06. The van der Waals surface area contributed by atoms with E-state index in [0.29, 0.717) is 12.2 Å². The number of aryl methyl sites for hydroxylation is 1. The lowest BCUT2D eigenvalue weighted by molar-refractivity contribution is -0.858. The molecule has 0 saturated carbocycles. The van der Waals surface area contributed by atoms with E-state index in [-0.39, 0.29) is 5.97 Å². The van der Waals surface area contributed by atoms with Gasteiger partial charge in [-0.3, -0.25) is 0 Å². The number of carbonyl (C=O) groups excluding carboxylic acids is 1. The third kappa shape index (κ3) is 3.72. The van der Waals surface area contributed by atoms with Gasteiger partial charge in [-0.1, -0.05) is 18.2 Å². The highest BCUT2D eigenvalue weighted by Crippen LogP contribution is 2.07. The van der Waals surface area contributed by atoms with Gasteiger partial charge in [0.2, 0.25) is 0 Å². The van der Waals surface area contributed by atoms with Gasteiger partial charge in [0.05, 0.1) is 19.7 Å². The van der Waals surface area contributed by atoms with Crippen LogP contribution in [0.5, 0.6) is 0 Å². The van der Waals surface area contributed by atoms with Crippen LogP contribution in [0.3, 0.4) is 0 Å². The van der Waals surface area contributed by atoms with Crippen LogP contribution in [0.4, 0.5) is 0 Å².